The lowest BCUT2D eigenvalue weighted by Crippen LogP contribution is -2.36. The fraction of sp³-hybridized carbons (Fsp3) is 0.208. The van der Waals surface area contributed by atoms with Crippen LogP contribution < -0.4 is 0 Å². The predicted molar refractivity (Wildman–Crippen MR) is 106 cm³/mol. The number of carbonyl (C=O) groups excluding carboxylic acids is 1. The molecule has 0 unspecified atom stereocenters. The van der Waals surface area contributed by atoms with Crippen LogP contribution in [0.5, 0.6) is 0 Å². The Morgan fingerprint density at radius 1 is 0.778 bits per heavy atom. The summed E-state index contributed by atoms with van der Waals surface area (Å²) in [6.45, 7) is 3.53. The highest BCUT2D eigenvalue weighted by Crippen LogP contribution is 2.40. The number of ether oxygens (including phenoxy) is 2. The van der Waals surface area contributed by atoms with Crippen molar-refractivity contribution in [2.45, 2.75) is 25.6 Å². The van der Waals surface area contributed by atoms with Crippen LogP contribution in [0.4, 0.5) is 0 Å². The van der Waals surface area contributed by atoms with Crippen molar-refractivity contribution in [1.29, 1.82) is 0 Å². The molecule has 0 N–H and O–H groups in total. The second-order valence-electron chi connectivity index (χ2n) is 6.51. The van der Waals surface area contributed by atoms with Gasteiger partial charge in [0.2, 0.25) is 0 Å². The van der Waals surface area contributed by atoms with Crippen molar-refractivity contribution >= 4 is 5.97 Å². The molecule has 0 aliphatic carbocycles. The molecule has 0 fully saturated rings. The molecule has 0 saturated heterocycles. The molecule has 0 aromatic heterocycles. The lowest BCUT2D eigenvalue weighted by molar-refractivity contribution is -0.150. The van der Waals surface area contributed by atoms with E-state index in [2.05, 4.69) is 36.4 Å². The van der Waals surface area contributed by atoms with E-state index in [1.54, 1.807) is 0 Å². The summed E-state index contributed by atoms with van der Waals surface area (Å²) < 4.78 is 11.9. The van der Waals surface area contributed by atoms with E-state index in [4.69, 9.17) is 9.47 Å². The fourth-order valence-corrected chi connectivity index (χ4v) is 3.33. The Kier molecular flexibility index (Phi) is 6.05. The first-order valence-corrected chi connectivity index (χ1v) is 9.10. The summed E-state index contributed by atoms with van der Waals surface area (Å²) >= 11 is 0. The first-order valence-electron chi connectivity index (χ1n) is 9.10. The molecule has 0 aliphatic rings. The van der Waals surface area contributed by atoms with Crippen molar-refractivity contribution in [3.05, 3.63) is 108 Å². The van der Waals surface area contributed by atoms with Crippen molar-refractivity contribution in [2.75, 3.05) is 6.61 Å². The molecule has 0 radical (unpaired) electrons. The number of hydrogen-bond acceptors (Lipinski definition) is 3. The second-order valence-corrected chi connectivity index (χ2v) is 6.51. The molecular formula is C24H24O3. The minimum absolute atomic E-state index is 0.276. The highest BCUT2D eigenvalue weighted by atomic mass is 16.6. The molecule has 1 atom stereocenters. The van der Waals surface area contributed by atoms with Gasteiger partial charge in [0.05, 0.1) is 6.61 Å². The summed E-state index contributed by atoms with van der Waals surface area (Å²) in [5.74, 6) is -0.309. The predicted octanol–water partition coefficient (Wildman–Crippen LogP) is 4.95. The molecule has 27 heavy (non-hydrogen) atoms. The maximum atomic E-state index is 11.3. The van der Waals surface area contributed by atoms with E-state index in [0.717, 1.165) is 16.7 Å². The topological polar surface area (TPSA) is 35.5 Å². The van der Waals surface area contributed by atoms with Crippen molar-refractivity contribution < 1.29 is 14.3 Å². The normalized spacial score (nSPS) is 12.4. The number of hydrogen-bond donors (Lipinski definition) is 0. The molecule has 138 valence electrons. The largest absolute Gasteiger partial charge is 0.460 e. The van der Waals surface area contributed by atoms with Gasteiger partial charge in [-0.25, -0.2) is 0 Å². The SMILES string of the molecule is CC(=O)O[C@H](C)COC(c1ccccc1)(c1ccccc1)c1ccccc1. The van der Waals surface area contributed by atoms with Crippen molar-refractivity contribution in [1.82, 2.24) is 0 Å². The highest BCUT2D eigenvalue weighted by Gasteiger charge is 2.38. The number of rotatable bonds is 7. The quantitative estimate of drug-likeness (QED) is 0.442. The zero-order valence-corrected chi connectivity index (χ0v) is 15.7. The van der Waals surface area contributed by atoms with Crippen LogP contribution in [0.25, 0.3) is 0 Å². The molecule has 0 heterocycles. The molecule has 3 aromatic carbocycles. The third-order valence-corrected chi connectivity index (χ3v) is 4.44. The zero-order valence-electron chi connectivity index (χ0n) is 15.7. The molecule has 0 spiro atoms. The van der Waals surface area contributed by atoms with Gasteiger partial charge in [-0.15, -0.1) is 0 Å². The monoisotopic (exact) mass is 360 g/mol. The van der Waals surface area contributed by atoms with Gasteiger partial charge in [0.1, 0.15) is 11.7 Å². The molecule has 0 aliphatic heterocycles. The van der Waals surface area contributed by atoms with E-state index in [1.165, 1.54) is 6.92 Å². The van der Waals surface area contributed by atoms with Gasteiger partial charge in [0.25, 0.3) is 0 Å². The lowest BCUT2D eigenvalue weighted by Gasteiger charge is -2.36. The molecule has 3 nitrogen and oxygen atoms in total. The number of benzene rings is 3. The second kappa shape index (κ2) is 8.65. The summed E-state index contributed by atoms with van der Waals surface area (Å²) in [5, 5.41) is 0. The molecule has 0 amide bonds. The highest BCUT2D eigenvalue weighted by molar-refractivity contribution is 5.66. The minimum atomic E-state index is -0.793. The average molecular weight is 360 g/mol. The fourth-order valence-electron chi connectivity index (χ4n) is 3.33. The standard InChI is InChI=1S/C24H24O3/c1-19(27-20(2)25)18-26-24(21-12-6-3-7-13-21,22-14-8-4-9-15-22)23-16-10-5-11-17-23/h3-17,19H,18H2,1-2H3/t19-/m1/s1. The summed E-state index contributed by atoms with van der Waals surface area (Å²) in [4.78, 5) is 11.3. The van der Waals surface area contributed by atoms with Crippen LogP contribution in [0.15, 0.2) is 91.0 Å². The third kappa shape index (κ3) is 4.26. The smallest absolute Gasteiger partial charge is 0.302 e. The zero-order chi connectivity index (χ0) is 19.1. The number of carbonyl (C=O) groups is 1. The Morgan fingerprint density at radius 2 is 1.15 bits per heavy atom. The summed E-state index contributed by atoms with van der Waals surface area (Å²) in [7, 11) is 0. The van der Waals surface area contributed by atoms with Gasteiger partial charge in [0, 0.05) is 6.92 Å². The molecule has 0 bridgehead atoms. The van der Waals surface area contributed by atoms with Crippen LogP contribution in [0.2, 0.25) is 0 Å². The Hall–Kier alpha value is -2.91. The maximum absolute atomic E-state index is 11.3. The van der Waals surface area contributed by atoms with E-state index < -0.39 is 5.60 Å². The van der Waals surface area contributed by atoms with E-state index in [1.807, 2.05) is 61.5 Å². The molecule has 3 rings (SSSR count). The first-order chi connectivity index (χ1) is 13.1. The van der Waals surface area contributed by atoms with Gasteiger partial charge >= 0.3 is 5.97 Å². The van der Waals surface area contributed by atoms with Crippen LogP contribution >= 0.6 is 0 Å². The van der Waals surface area contributed by atoms with E-state index in [-0.39, 0.29) is 18.7 Å². The maximum Gasteiger partial charge on any atom is 0.302 e. The van der Waals surface area contributed by atoms with Gasteiger partial charge in [-0.05, 0) is 23.6 Å². The summed E-state index contributed by atoms with van der Waals surface area (Å²) in [6, 6.07) is 30.4. The van der Waals surface area contributed by atoms with Gasteiger partial charge in [-0.1, -0.05) is 91.0 Å². The summed E-state index contributed by atoms with van der Waals surface area (Å²) in [5.41, 5.74) is 2.28. The third-order valence-electron chi connectivity index (χ3n) is 4.44. The minimum Gasteiger partial charge on any atom is -0.460 e. The van der Waals surface area contributed by atoms with Gasteiger partial charge < -0.3 is 9.47 Å². The molecular weight excluding hydrogens is 336 g/mol. The van der Waals surface area contributed by atoms with Crippen molar-refractivity contribution in [3.8, 4) is 0 Å². The van der Waals surface area contributed by atoms with Gasteiger partial charge in [0.15, 0.2) is 0 Å². The van der Waals surface area contributed by atoms with E-state index >= 15 is 0 Å². The van der Waals surface area contributed by atoms with Crippen molar-refractivity contribution in [3.63, 3.8) is 0 Å². The van der Waals surface area contributed by atoms with Gasteiger partial charge in [-0.3, -0.25) is 4.79 Å². The Bertz CT molecular complexity index is 748. The van der Waals surface area contributed by atoms with Crippen LogP contribution in [-0.4, -0.2) is 18.7 Å². The Morgan fingerprint density at radius 3 is 1.48 bits per heavy atom. The van der Waals surface area contributed by atoms with Gasteiger partial charge in [-0.2, -0.15) is 0 Å². The summed E-state index contributed by atoms with van der Waals surface area (Å²) in [6.07, 6.45) is -0.349. The van der Waals surface area contributed by atoms with E-state index in [9.17, 15) is 4.79 Å². The van der Waals surface area contributed by atoms with Crippen molar-refractivity contribution in [2.24, 2.45) is 0 Å². The van der Waals surface area contributed by atoms with Crippen LogP contribution in [0.1, 0.15) is 30.5 Å². The first kappa shape index (κ1) is 18.9. The molecule has 3 heteroatoms. The van der Waals surface area contributed by atoms with Crippen LogP contribution in [-0.2, 0) is 19.9 Å². The lowest BCUT2D eigenvalue weighted by atomic mass is 9.80. The van der Waals surface area contributed by atoms with E-state index in [0.29, 0.717) is 0 Å². The Labute approximate surface area is 160 Å². The number of esters is 1. The Balaban J connectivity index is 2.12. The van der Waals surface area contributed by atoms with Crippen LogP contribution in [0, 0.1) is 0 Å². The molecule has 3 aromatic rings. The molecule has 0 saturated carbocycles. The average Bonchev–Trinajstić information content (AvgIpc) is 2.70. The van der Waals surface area contributed by atoms with Crippen LogP contribution in [0.3, 0.4) is 0 Å².